The molecule has 1 saturated heterocycles. The van der Waals surface area contributed by atoms with Crippen molar-refractivity contribution in [2.45, 2.75) is 52.6 Å². The van der Waals surface area contributed by atoms with Gasteiger partial charge in [0.25, 0.3) is 11.5 Å². The third-order valence-electron chi connectivity index (χ3n) is 5.94. The zero-order valence-electron chi connectivity index (χ0n) is 17.8. The molecule has 2 aliphatic rings. The third-order valence-corrected chi connectivity index (χ3v) is 5.94. The van der Waals surface area contributed by atoms with E-state index in [4.69, 9.17) is 4.74 Å². The lowest BCUT2D eigenvalue weighted by Gasteiger charge is -2.32. The number of aryl methyl sites for hydroxylation is 1. The van der Waals surface area contributed by atoms with E-state index in [-0.39, 0.29) is 22.9 Å². The van der Waals surface area contributed by atoms with E-state index in [0.29, 0.717) is 42.9 Å². The van der Waals surface area contributed by atoms with Gasteiger partial charge in [-0.2, -0.15) is 0 Å². The molecule has 0 radical (unpaired) electrons. The largest absolute Gasteiger partial charge is 0.376 e. The maximum Gasteiger partial charge on any atom is 0.268 e. The first kappa shape index (κ1) is 20.5. The van der Waals surface area contributed by atoms with Gasteiger partial charge >= 0.3 is 0 Å². The number of nitrogens with one attached hydrogen (secondary N) is 1. The van der Waals surface area contributed by atoms with Gasteiger partial charge in [0.1, 0.15) is 5.56 Å². The van der Waals surface area contributed by atoms with Crippen molar-refractivity contribution in [3.8, 4) is 5.69 Å². The molecule has 1 atom stereocenters. The number of hydrogen-bond acceptors (Lipinski definition) is 4. The Morgan fingerprint density at radius 1 is 1.20 bits per heavy atom. The van der Waals surface area contributed by atoms with E-state index in [1.54, 1.807) is 4.57 Å². The molecule has 4 rings (SSSR count). The fourth-order valence-corrected chi connectivity index (χ4v) is 4.35. The van der Waals surface area contributed by atoms with Gasteiger partial charge in [-0.25, -0.2) is 0 Å². The van der Waals surface area contributed by atoms with Gasteiger partial charge in [-0.05, 0) is 49.8 Å². The van der Waals surface area contributed by atoms with Crippen molar-refractivity contribution in [2.75, 3.05) is 13.2 Å². The summed E-state index contributed by atoms with van der Waals surface area (Å²) in [7, 11) is 0. The van der Waals surface area contributed by atoms with Crippen molar-refractivity contribution in [2.24, 2.45) is 5.41 Å². The van der Waals surface area contributed by atoms with Crippen molar-refractivity contribution in [3.63, 3.8) is 0 Å². The lowest BCUT2D eigenvalue weighted by molar-refractivity contribution is 0.0856. The van der Waals surface area contributed by atoms with Gasteiger partial charge in [0.15, 0.2) is 5.78 Å². The molecular formula is C24H28N2O4. The molecule has 6 heteroatoms. The summed E-state index contributed by atoms with van der Waals surface area (Å²) in [5, 5.41) is 2.82. The highest BCUT2D eigenvalue weighted by Gasteiger charge is 2.35. The number of rotatable bonds is 4. The Morgan fingerprint density at radius 2 is 1.93 bits per heavy atom. The second-order valence-corrected chi connectivity index (χ2v) is 9.18. The van der Waals surface area contributed by atoms with Gasteiger partial charge in [0.05, 0.1) is 6.10 Å². The zero-order chi connectivity index (χ0) is 21.5. The van der Waals surface area contributed by atoms with E-state index in [2.05, 4.69) is 5.32 Å². The van der Waals surface area contributed by atoms with Crippen LogP contribution in [0.2, 0.25) is 0 Å². The number of aromatic nitrogens is 1. The SMILES string of the molecule is Cc1ccc(-n2c3c(cc(C(=O)NCC4CCCO4)c2=O)C(=O)CC(C)(C)C3)cc1. The molecule has 0 spiro atoms. The number of carbonyl (C=O) groups excluding carboxylic acids is 2. The molecule has 1 amide bonds. The minimum Gasteiger partial charge on any atom is -0.376 e. The summed E-state index contributed by atoms with van der Waals surface area (Å²) in [6, 6.07) is 9.06. The van der Waals surface area contributed by atoms with Gasteiger partial charge in [0.2, 0.25) is 0 Å². The van der Waals surface area contributed by atoms with Crippen molar-refractivity contribution >= 4 is 11.7 Å². The predicted molar refractivity (Wildman–Crippen MR) is 115 cm³/mol. The Morgan fingerprint density at radius 3 is 2.60 bits per heavy atom. The Bertz CT molecular complexity index is 1040. The van der Waals surface area contributed by atoms with Crippen LogP contribution in [-0.2, 0) is 11.2 Å². The van der Waals surface area contributed by atoms with Crippen LogP contribution in [0.25, 0.3) is 5.69 Å². The lowest BCUT2D eigenvalue weighted by Crippen LogP contribution is -2.40. The number of nitrogens with zero attached hydrogens (tertiary/aromatic N) is 1. The van der Waals surface area contributed by atoms with Crippen molar-refractivity contribution in [1.29, 1.82) is 0 Å². The minimum absolute atomic E-state index is 0.000350. The van der Waals surface area contributed by atoms with Crippen LogP contribution >= 0.6 is 0 Å². The quantitative estimate of drug-likeness (QED) is 0.843. The maximum atomic E-state index is 13.4. The van der Waals surface area contributed by atoms with Crippen LogP contribution in [0.5, 0.6) is 0 Å². The summed E-state index contributed by atoms with van der Waals surface area (Å²) < 4.78 is 7.10. The first-order valence-corrected chi connectivity index (χ1v) is 10.5. The number of amides is 1. The molecule has 1 aliphatic carbocycles. The molecule has 158 valence electrons. The van der Waals surface area contributed by atoms with Crippen molar-refractivity contribution in [3.05, 3.63) is 63.1 Å². The van der Waals surface area contributed by atoms with Crippen LogP contribution in [-0.4, -0.2) is 35.5 Å². The highest BCUT2D eigenvalue weighted by Crippen LogP contribution is 2.35. The number of benzene rings is 1. The molecule has 0 saturated carbocycles. The topological polar surface area (TPSA) is 77.4 Å². The molecule has 1 aliphatic heterocycles. The van der Waals surface area contributed by atoms with Gasteiger partial charge < -0.3 is 10.1 Å². The van der Waals surface area contributed by atoms with E-state index in [0.717, 1.165) is 18.4 Å². The standard InChI is InChI=1S/C24H28N2O4/c1-15-6-8-16(9-7-15)26-20-12-24(2,3)13-21(27)18(20)11-19(23(26)29)22(28)25-14-17-5-4-10-30-17/h6-9,11,17H,4-5,10,12-14H2,1-3H3,(H,25,28). The van der Waals surface area contributed by atoms with Gasteiger partial charge in [-0.15, -0.1) is 0 Å². The summed E-state index contributed by atoms with van der Waals surface area (Å²) in [4.78, 5) is 39.3. The van der Waals surface area contributed by atoms with E-state index < -0.39 is 11.5 Å². The first-order chi connectivity index (χ1) is 14.2. The van der Waals surface area contributed by atoms with E-state index in [9.17, 15) is 14.4 Å². The fourth-order valence-electron chi connectivity index (χ4n) is 4.35. The number of pyridine rings is 1. The van der Waals surface area contributed by atoms with Crippen LogP contribution in [0.3, 0.4) is 0 Å². The molecular weight excluding hydrogens is 380 g/mol. The van der Waals surface area contributed by atoms with Crippen LogP contribution < -0.4 is 10.9 Å². The number of ether oxygens (including phenoxy) is 1. The van der Waals surface area contributed by atoms with E-state index >= 15 is 0 Å². The zero-order valence-corrected chi connectivity index (χ0v) is 17.8. The third kappa shape index (κ3) is 3.97. The minimum atomic E-state index is -0.461. The highest BCUT2D eigenvalue weighted by molar-refractivity contribution is 6.02. The van der Waals surface area contributed by atoms with Crippen LogP contribution in [0.15, 0.2) is 35.1 Å². The molecule has 30 heavy (non-hydrogen) atoms. The number of carbonyl (C=O) groups is 2. The Labute approximate surface area is 176 Å². The molecule has 1 unspecified atom stereocenters. The molecule has 1 aromatic carbocycles. The lowest BCUT2D eigenvalue weighted by atomic mass is 9.75. The average Bonchev–Trinajstić information content (AvgIpc) is 3.20. The average molecular weight is 408 g/mol. The van der Waals surface area contributed by atoms with Crippen LogP contribution in [0.4, 0.5) is 0 Å². The Balaban J connectivity index is 1.80. The molecule has 1 aromatic heterocycles. The number of hydrogen-bond donors (Lipinski definition) is 1. The monoisotopic (exact) mass is 408 g/mol. The summed E-state index contributed by atoms with van der Waals surface area (Å²) in [6.45, 7) is 7.09. The highest BCUT2D eigenvalue weighted by atomic mass is 16.5. The molecule has 0 bridgehead atoms. The second-order valence-electron chi connectivity index (χ2n) is 9.18. The summed E-state index contributed by atoms with van der Waals surface area (Å²) in [5.74, 6) is -0.493. The molecule has 2 aromatic rings. The van der Waals surface area contributed by atoms with Gasteiger partial charge in [0, 0.05) is 36.5 Å². The van der Waals surface area contributed by atoms with Crippen LogP contribution in [0, 0.1) is 12.3 Å². The normalized spacial score (nSPS) is 20.1. The predicted octanol–water partition coefficient (Wildman–Crippen LogP) is 3.21. The maximum absolute atomic E-state index is 13.4. The Kier molecular flexibility index (Phi) is 5.36. The summed E-state index contributed by atoms with van der Waals surface area (Å²) in [5.41, 5.74) is 2.25. The molecule has 1 fully saturated rings. The van der Waals surface area contributed by atoms with E-state index in [1.165, 1.54) is 6.07 Å². The van der Waals surface area contributed by atoms with Gasteiger partial charge in [-0.3, -0.25) is 19.0 Å². The number of Topliss-reactive ketones (excluding diaryl/α,β-unsaturated/α-hetero) is 1. The number of fused-ring (bicyclic) bond motifs is 1. The first-order valence-electron chi connectivity index (χ1n) is 10.5. The fraction of sp³-hybridized carbons (Fsp3) is 0.458. The van der Waals surface area contributed by atoms with Crippen molar-refractivity contribution in [1.82, 2.24) is 9.88 Å². The molecule has 1 N–H and O–H groups in total. The van der Waals surface area contributed by atoms with Crippen LogP contribution in [0.1, 0.15) is 65.1 Å². The van der Waals surface area contributed by atoms with Gasteiger partial charge in [-0.1, -0.05) is 31.5 Å². The second kappa shape index (κ2) is 7.84. The van der Waals surface area contributed by atoms with E-state index in [1.807, 2.05) is 45.0 Å². The summed E-state index contributed by atoms with van der Waals surface area (Å²) in [6.07, 6.45) is 2.83. The van der Waals surface area contributed by atoms with Crippen molar-refractivity contribution < 1.29 is 14.3 Å². The molecule has 6 nitrogen and oxygen atoms in total. The Hall–Kier alpha value is -2.73. The summed E-state index contributed by atoms with van der Waals surface area (Å²) >= 11 is 0. The number of ketones is 1. The molecule has 2 heterocycles. The smallest absolute Gasteiger partial charge is 0.268 e.